The van der Waals surface area contributed by atoms with Gasteiger partial charge in [0, 0.05) is 17.6 Å². The van der Waals surface area contributed by atoms with Crippen molar-refractivity contribution in [2.75, 3.05) is 13.2 Å². The normalized spacial score (nSPS) is 19.7. The fourth-order valence-corrected chi connectivity index (χ4v) is 2.35. The van der Waals surface area contributed by atoms with Gasteiger partial charge in [-0.1, -0.05) is 11.6 Å². The lowest BCUT2D eigenvalue weighted by molar-refractivity contribution is -0.136. The largest absolute Gasteiger partial charge is 0.484 e. The van der Waals surface area contributed by atoms with Crippen molar-refractivity contribution in [2.24, 2.45) is 0 Å². The van der Waals surface area contributed by atoms with Gasteiger partial charge >= 0.3 is 0 Å². The van der Waals surface area contributed by atoms with Gasteiger partial charge in [-0.15, -0.1) is 0 Å². The maximum atomic E-state index is 12.0. The first-order valence-corrected chi connectivity index (χ1v) is 6.72. The molecule has 2 rings (SSSR count). The summed E-state index contributed by atoms with van der Waals surface area (Å²) in [5.41, 5.74) is 0. The van der Waals surface area contributed by atoms with Crippen LogP contribution in [-0.2, 0) is 4.79 Å². The molecule has 3 nitrogen and oxygen atoms in total. The number of carbonyl (C=O) groups excluding carboxylic acids is 1. The SMILES string of the molecule is CC1CCCCN1C(=O)COc1ccc(Cl)cc1. The topological polar surface area (TPSA) is 29.5 Å². The zero-order chi connectivity index (χ0) is 13.0. The van der Waals surface area contributed by atoms with Gasteiger partial charge in [0.1, 0.15) is 5.75 Å². The van der Waals surface area contributed by atoms with E-state index < -0.39 is 0 Å². The molecular formula is C14H18ClNO2. The minimum Gasteiger partial charge on any atom is -0.484 e. The Kier molecular flexibility index (Phi) is 4.48. The molecule has 0 aromatic heterocycles. The van der Waals surface area contributed by atoms with Gasteiger partial charge in [0.2, 0.25) is 0 Å². The first-order valence-electron chi connectivity index (χ1n) is 6.34. The van der Waals surface area contributed by atoms with E-state index in [2.05, 4.69) is 6.92 Å². The summed E-state index contributed by atoms with van der Waals surface area (Å²) in [6, 6.07) is 7.39. The van der Waals surface area contributed by atoms with Crippen LogP contribution in [0.25, 0.3) is 0 Å². The predicted octanol–water partition coefficient (Wildman–Crippen LogP) is 3.12. The van der Waals surface area contributed by atoms with Gasteiger partial charge in [-0.05, 0) is 50.5 Å². The number of rotatable bonds is 3. The third kappa shape index (κ3) is 3.39. The van der Waals surface area contributed by atoms with Gasteiger partial charge in [-0.25, -0.2) is 0 Å². The Bertz CT molecular complexity index is 405. The van der Waals surface area contributed by atoms with E-state index in [1.165, 1.54) is 6.42 Å². The quantitative estimate of drug-likeness (QED) is 0.842. The fourth-order valence-electron chi connectivity index (χ4n) is 2.23. The minimum atomic E-state index is 0.0668. The van der Waals surface area contributed by atoms with Gasteiger partial charge in [0.25, 0.3) is 5.91 Å². The number of halogens is 1. The highest BCUT2D eigenvalue weighted by Gasteiger charge is 2.23. The Hall–Kier alpha value is -1.22. The van der Waals surface area contributed by atoms with E-state index in [1.807, 2.05) is 4.90 Å². The minimum absolute atomic E-state index is 0.0668. The molecule has 1 atom stereocenters. The summed E-state index contributed by atoms with van der Waals surface area (Å²) >= 11 is 5.78. The third-order valence-electron chi connectivity index (χ3n) is 3.30. The van der Waals surface area contributed by atoms with Gasteiger partial charge in [0.15, 0.2) is 6.61 Å². The van der Waals surface area contributed by atoms with Crippen molar-refractivity contribution in [3.05, 3.63) is 29.3 Å². The monoisotopic (exact) mass is 267 g/mol. The summed E-state index contributed by atoms with van der Waals surface area (Å²) in [6.07, 6.45) is 3.40. The molecule has 0 bridgehead atoms. The van der Waals surface area contributed by atoms with Crippen LogP contribution in [0.2, 0.25) is 5.02 Å². The van der Waals surface area contributed by atoms with E-state index in [0.717, 1.165) is 19.4 Å². The predicted molar refractivity (Wildman–Crippen MR) is 72.0 cm³/mol. The van der Waals surface area contributed by atoms with Crippen LogP contribution in [0, 0.1) is 0 Å². The molecular weight excluding hydrogens is 250 g/mol. The Morgan fingerprint density at radius 1 is 1.39 bits per heavy atom. The van der Waals surface area contributed by atoms with Crippen molar-refractivity contribution in [3.8, 4) is 5.75 Å². The smallest absolute Gasteiger partial charge is 0.260 e. The average Bonchev–Trinajstić information content (AvgIpc) is 2.38. The van der Waals surface area contributed by atoms with E-state index in [0.29, 0.717) is 16.8 Å². The first kappa shape index (κ1) is 13.2. The Labute approximate surface area is 113 Å². The third-order valence-corrected chi connectivity index (χ3v) is 3.55. The second-order valence-electron chi connectivity index (χ2n) is 4.67. The number of likely N-dealkylation sites (tertiary alicyclic amines) is 1. The molecule has 1 aromatic rings. The molecule has 0 aliphatic carbocycles. The maximum absolute atomic E-state index is 12.0. The van der Waals surface area contributed by atoms with Crippen LogP contribution in [0.15, 0.2) is 24.3 Å². The Balaban J connectivity index is 1.85. The first-order chi connectivity index (χ1) is 8.66. The molecule has 1 heterocycles. The zero-order valence-corrected chi connectivity index (χ0v) is 11.3. The maximum Gasteiger partial charge on any atom is 0.260 e. The number of amides is 1. The molecule has 18 heavy (non-hydrogen) atoms. The van der Waals surface area contributed by atoms with E-state index in [9.17, 15) is 4.79 Å². The second kappa shape index (κ2) is 6.10. The van der Waals surface area contributed by atoms with Crippen LogP contribution in [0.3, 0.4) is 0 Å². The van der Waals surface area contributed by atoms with Crippen LogP contribution in [-0.4, -0.2) is 30.0 Å². The number of nitrogens with zero attached hydrogens (tertiary/aromatic N) is 1. The molecule has 0 radical (unpaired) electrons. The molecule has 1 aliphatic rings. The summed E-state index contributed by atoms with van der Waals surface area (Å²) in [7, 11) is 0. The standard InChI is InChI=1S/C14H18ClNO2/c1-11-4-2-3-9-16(11)14(17)10-18-13-7-5-12(15)6-8-13/h5-8,11H,2-4,9-10H2,1H3. The summed E-state index contributed by atoms with van der Waals surface area (Å²) in [4.78, 5) is 13.9. The summed E-state index contributed by atoms with van der Waals surface area (Å²) in [5, 5.41) is 0.665. The Morgan fingerprint density at radius 2 is 2.11 bits per heavy atom. The highest BCUT2D eigenvalue weighted by Crippen LogP contribution is 2.18. The summed E-state index contributed by atoms with van der Waals surface area (Å²) in [6.45, 7) is 3.05. The van der Waals surface area contributed by atoms with Gasteiger partial charge < -0.3 is 9.64 Å². The van der Waals surface area contributed by atoms with Crippen LogP contribution in [0.5, 0.6) is 5.75 Å². The van der Waals surface area contributed by atoms with Crippen molar-refractivity contribution in [3.63, 3.8) is 0 Å². The lowest BCUT2D eigenvalue weighted by atomic mass is 10.0. The highest BCUT2D eigenvalue weighted by atomic mass is 35.5. The van der Waals surface area contributed by atoms with E-state index in [1.54, 1.807) is 24.3 Å². The van der Waals surface area contributed by atoms with Crippen molar-refractivity contribution in [2.45, 2.75) is 32.2 Å². The van der Waals surface area contributed by atoms with Crippen molar-refractivity contribution < 1.29 is 9.53 Å². The van der Waals surface area contributed by atoms with Crippen molar-refractivity contribution in [1.82, 2.24) is 4.90 Å². The highest BCUT2D eigenvalue weighted by molar-refractivity contribution is 6.30. The molecule has 1 unspecified atom stereocenters. The zero-order valence-electron chi connectivity index (χ0n) is 10.6. The molecule has 1 saturated heterocycles. The van der Waals surface area contributed by atoms with E-state index in [4.69, 9.17) is 16.3 Å². The van der Waals surface area contributed by atoms with Crippen LogP contribution in [0.1, 0.15) is 26.2 Å². The van der Waals surface area contributed by atoms with Crippen molar-refractivity contribution >= 4 is 17.5 Å². The number of hydrogen-bond donors (Lipinski definition) is 0. The summed E-state index contributed by atoms with van der Waals surface area (Å²) in [5.74, 6) is 0.745. The molecule has 1 fully saturated rings. The number of benzene rings is 1. The number of carbonyl (C=O) groups is 1. The molecule has 1 aliphatic heterocycles. The van der Waals surface area contributed by atoms with Gasteiger partial charge in [-0.2, -0.15) is 0 Å². The molecule has 0 spiro atoms. The molecule has 4 heteroatoms. The van der Waals surface area contributed by atoms with Gasteiger partial charge in [0.05, 0.1) is 0 Å². The Morgan fingerprint density at radius 3 is 2.78 bits per heavy atom. The summed E-state index contributed by atoms with van der Waals surface area (Å²) < 4.78 is 5.47. The number of hydrogen-bond acceptors (Lipinski definition) is 2. The average molecular weight is 268 g/mol. The molecule has 1 aromatic carbocycles. The van der Waals surface area contributed by atoms with Crippen LogP contribution < -0.4 is 4.74 Å². The molecule has 0 saturated carbocycles. The lowest BCUT2D eigenvalue weighted by Gasteiger charge is -2.33. The second-order valence-corrected chi connectivity index (χ2v) is 5.11. The molecule has 98 valence electrons. The number of ether oxygens (including phenoxy) is 1. The molecule has 0 N–H and O–H groups in total. The van der Waals surface area contributed by atoms with Crippen LogP contribution >= 0.6 is 11.6 Å². The van der Waals surface area contributed by atoms with E-state index in [-0.39, 0.29) is 12.5 Å². The van der Waals surface area contributed by atoms with Crippen LogP contribution in [0.4, 0.5) is 0 Å². The van der Waals surface area contributed by atoms with Crippen molar-refractivity contribution in [1.29, 1.82) is 0 Å². The lowest BCUT2D eigenvalue weighted by Crippen LogP contribution is -2.44. The molecule has 1 amide bonds. The van der Waals surface area contributed by atoms with E-state index >= 15 is 0 Å². The fraction of sp³-hybridized carbons (Fsp3) is 0.500. The van der Waals surface area contributed by atoms with Gasteiger partial charge in [-0.3, -0.25) is 4.79 Å². The number of piperidine rings is 1.